The second-order valence-corrected chi connectivity index (χ2v) is 12.8. The Balaban J connectivity index is 1.43. The van der Waals surface area contributed by atoms with E-state index in [0.29, 0.717) is 19.5 Å². The SMILES string of the molecule is COc1c(F)c(-c2cc(N)cc(Cl)c2C(F)(F)F)c(F)c2nc(OC[C@@]34CCCN3C[C@H](F)C4)nc(N3CC4CCC(C3)N4)c12. The summed E-state index contributed by atoms with van der Waals surface area (Å²) in [6, 6.07) is 1.63. The summed E-state index contributed by atoms with van der Waals surface area (Å²) in [5, 5.41) is 2.53. The van der Waals surface area contributed by atoms with E-state index in [0.717, 1.165) is 45.0 Å². The molecule has 0 spiro atoms. The van der Waals surface area contributed by atoms with Gasteiger partial charge in [0.2, 0.25) is 0 Å². The van der Waals surface area contributed by atoms with Crippen molar-refractivity contribution in [1.82, 2.24) is 20.2 Å². The maximum absolute atomic E-state index is 16.7. The minimum Gasteiger partial charge on any atom is -0.493 e. The first-order chi connectivity index (χ1) is 21.4. The Morgan fingerprint density at radius 2 is 1.84 bits per heavy atom. The quantitative estimate of drug-likeness (QED) is 0.257. The molecule has 15 heteroatoms. The summed E-state index contributed by atoms with van der Waals surface area (Å²) in [5.74, 6) is -3.16. The number of methoxy groups -OCH3 is 1. The number of hydrogen-bond donors (Lipinski definition) is 2. The zero-order valence-electron chi connectivity index (χ0n) is 24.3. The number of alkyl halides is 4. The van der Waals surface area contributed by atoms with E-state index in [1.54, 1.807) is 0 Å². The van der Waals surface area contributed by atoms with Gasteiger partial charge in [-0.05, 0) is 44.4 Å². The zero-order valence-corrected chi connectivity index (χ0v) is 25.0. The highest BCUT2D eigenvalue weighted by molar-refractivity contribution is 6.32. The molecule has 3 N–H and O–H groups in total. The summed E-state index contributed by atoms with van der Waals surface area (Å²) >= 11 is 5.94. The molecule has 4 atom stereocenters. The molecule has 45 heavy (non-hydrogen) atoms. The van der Waals surface area contributed by atoms with Crippen LogP contribution in [0.3, 0.4) is 0 Å². The van der Waals surface area contributed by atoms with Crippen molar-refractivity contribution < 1.29 is 35.8 Å². The summed E-state index contributed by atoms with van der Waals surface area (Å²) in [5.41, 5.74) is 1.11. The van der Waals surface area contributed by atoms with Gasteiger partial charge in [-0.15, -0.1) is 0 Å². The molecular formula is C30H31ClF6N6O2. The smallest absolute Gasteiger partial charge is 0.418 e. The highest BCUT2D eigenvalue weighted by atomic mass is 35.5. The zero-order chi connectivity index (χ0) is 31.8. The monoisotopic (exact) mass is 656 g/mol. The van der Waals surface area contributed by atoms with Crippen LogP contribution in [0.2, 0.25) is 5.02 Å². The normalized spacial score (nSPS) is 26.6. The van der Waals surface area contributed by atoms with Crippen molar-refractivity contribution in [3.63, 3.8) is 0 Å². The van der Waals surface area contributed by atoms with E-state index in [-0.39, 0.29) is 54.6 Å². The fraction of sp³-hybridized carbons (Fsp3) is 0.533. The van der Waals surface area contributed by atoms with E-state index in [2.05, 4.69) is 15.3 Å². The Kier molecular flexibility index (Phi) is 7.40. The molecule has 5 heterocycles. The number of nitrogen functional groups attached to an aromatic ring is 1. The number of benzene rings is 2. The van der Waals surface area contributed by atoms with Crippen molar-refractivity contribution in [2.75, 3.05) is 50.5 Å². The van der Waals surface area contributed by atoms with E-state index in [9.17, 15) is 17.6 Å². The number of nitrogens with zero attached hydrogens (tertiary/aromatic N) is 4. The van der Waals surface area contributed by atoms with E-state index < -0.39 is 62.5 Å². The van der Waals surface area contributed by atoms with Crippen molar-refractivity contribution in [3.05, 3.63) is 34.4 Å². The first-order valence-corrected chi connectivity index (χ1v) is 15.2. The Hall–Kier alpha value is -3.23. The highest BCUT2D eigenvalue weighted by Gasteiger charge is 2.49. The lowest BCUT2D eigenvalue weighted by molar-refractivity contribution is -0.137. The van der Waals surface area contributed by atoms with Gasteiger partial charge in [0, 0.05) is 49.4 Å². The van der Waals surface area contributed by atoms with E-state index in [1.165, 1.54) is 0 Å². The number of fused-ring (bicyclic) bond motifs is 4. The Bertz CT molecular complexity index is 1660. The van der Waals surface area contributed by atoms with E-state index in [4.69, 9.17) is 26.8 Å². The second kappa shape index (κ2) is 10.9. The number of ether oxygens (including phenoxy) is 2. The number of anilines is 2. The predicted molar refractivity (Wildman–Crippen MR) is 157 cm³/mol. The molecule has 0 amide bonds. The van der Waals surface area contributed by atoms with Crippen LogP contribution in [0.25, 0.3) is 22.0 Å². The molecule has 2 aromatic carbocycles. The summed E-state index contributed by atoms with van der Waals surface area (Å²) in [4.78, 5) is 12.8. The van der Waals surface area contributed by atoms with Crippen molar-refractivity contribution in [1.29, 1.82) is 0 Å². The third-order valence-electron chi connectivity index (χ3n) is 9.56. The largest absolute Gasteiger partial charge is 0.493 e. The molecule has 1 aromatic heterocycles. The number of rotatable bonds is 6. The number of nitrogens with two attached hydrogens (primary N) is 1. The number of nitrogens with one attached hydrogen (secondary N) is 1. The predicted octanol–water partition coefficient (Wildman–Crippen LogP) is 5.73. The lowest BCUT2D eigenvalue weighted by atomic mass is 9.95. The fourth-order valence-corrected chi connectivity index (χ4v) is 8.02. The van der Waals surface area contributed by atoms with Crippen LogP contribution >= 0.6 is 11.6 Å². The van der Waals surface area contributed by atoms with Crippen LogP contribution in [0.1, 0.15) is 37.7 Å². The number of aromatic nitrogens is 2. The molecule has 0 aliphatic carbocycles. The number of piperazine rings is 1. The molecule has 4 aliphatic heterocycles. The van der Waals surface area contributed by atoms with Crippen molar-refractivity contribution in [3.8, 4) is 22.9 Å². The van der Waals surface area contributed by atoms with Gasteiger partial charge >= 0.3 is 12.2 Å². The maximum Gasteiger partial charge on any atom is 0.418 e. The lowest BCUT2D eigenvalue weighted by Crippen LogP contribution is -2.51. The summed E-state index contributed by atoms with van der Waals surface area (Å²) in [6.07, 6.45) is -2.46. The summed E-state index contributed by atoms with van der Waals surface area (Å²) in [7, 11) is 1.13. The summed E-state index contributed by atoms with van der Waals surface area (Å²) < 4.78 is 102. The van der Waals surface area contributed by atoms with Gasteiger partial charge in [-0.2, -0.15) is 23.1 Å². The molecule has 2 bridgehead atoms. The van der Waals surface area contributed by atoms with Gasteiger partial charge < -0.3 is 25.4 Å². The Labute approximate surface area is 259 Å². The van der Waals surface area contributed by atoms with E-state index >= 15 is 8.78 Å². The van der Waals surface area contributed by atoms with Gasteiger partial charge in [-0.25, -0.2) is 13.2 Å². The summed E-state index contributed by atoms with van der Waals surface area (Å²) in [6.45, 7) is 1.95. The van der Waals surface area contributed by atoms with Gasteiger partial charge in [0.15, 0.2) is 17.4 Å². The Morgan fingerprint density at radius 1 is 1.11 bits per heavy atom. The fourth-order valence-electron chi connectivity index (χ4n) is 7.69. The molecule has 0 radical (unpaired) electrons. The standard InChI is InChI=1S/C30H31ClF6N6O2/c1-44-26-21-25(23(33)20(24(26)34)18-7-15(38)8-19(31)22(18)30(35,36)37)40-28(41-27(21)42-11-16-3-4-17(12-42)39-16)45-13-29-5-2-6-43(29)10-14(32)9-29/h7-8,14,16-17,39H,2-6,9-13,38H2,1H3/t14-,16?,17?,29+/m1/s1. The lowest BCUT2D eigenvalue weighted by Gasteiger charge is -2.35. The molecule has 2 unspecified atom stereocenters. The van der Waals surface area contributed by atoms with Gasteiger partial charge in [0.25, 0.3) is 0 Å². The molecule has 8 nitrogen and oxygen atoms in total. The van der Waals surface area contributed by atoms with Crippen LogP contribution in [-0.2, 0) is 6.18 Å². The highest BCUT2D eigenvalue weighted by Crippen LogP contribution is 2.49. The molecule has 4 saturated heterocycles. The van der Waals surface area contributed by atoms with Crippen molar-refractivity contribution in [2.24, 2.45) is 0 Å². The van der Waals surface area contributed by atoms with Gasteiger partial charge in [0.1, 0.15) is 24.1 Å². The molecule has 4 fully saturated rings. The van der Waals surface area contributed by atoms with Gasteiger partial charge in [-0.1, -0.05) is 11.6 Å². The average molecular weight is 657 g/mol. The molecule has 0 saturated carbocycles. The second-order valence-electron chi connectivity index (χ2n) is 12.4. The third-order valence-corrected chi connectivity index (χ3v) is 9.86. The van der Waals surface area contributed by atoms with Crippen LogP contribution in [-0.4, -0.2) is 78.6 Å². The first-order valence-electron chi connectivity index (χ1n) is 14.8. The molecule has 242 valence electrons. The minimum atomic E-state index is -5.08. The molecule has 3 aromatic rings. The number of hydrogen-bond acceptors (Lipinski definition) is 8. The first kappa shape index (κ1) is 30.4. The molecule has 7 rings (SSSR count). The van der Waals surface area contributed by atoms with Gasteiger partial charge in [0.05, 0.1) is 34.2 Å². The van der Waals surface area contributed by atoms with Crippen LogP contribution in [0.15, 0.2) is 12.1 Å². The molecular weight excluding hydrogens is 626 g/mol. The van der Waals surface area contributed by atoms with Crippen molar-refractivity contribution in [2.45, 2.75) is 62.1 Å². The minimum absolute atomic E-state index is 0.0288. The third kappa shape index (κ3) is 5.09. The van der Waals surface area contributed by atoms with Crippen LogP contribution in [0, 0.1) is 11.6 Å². The molecule has 4 aliphatic rings. The van der Waals surface area contributed by atoms with Crippen molar-refractivity contribution >= 4 is 34.0 Å². The van der Waals surface area contributed by atoms with Crippen LogP contribution in [0.4, 0.5) is 37.8 Å². The average Bonchev–Trinajstić information content (AvgIpc) is 3.61. The topological polar surface area (TPSA) is 88.8 Å². The van der Waals surface area contributed by atoms with E-state index in [1.807, 2.05) is 9.80 Å². The van der Waals surface area contributed by atoms with Gasteiger partial charge in [-0.3, -0.25) is 4.90 Å². The maximum atomic E-state index is 16.7. The van der Waals surface area contributed by atoms with Crippen LogP contribution < -0.4 is 25.4 Å². The Morgan fingerprint density at radius 3 is 2.53 bits per heavy atom. The van der Waals surface area contributed by atoms with Crippen LogP contribution in [0.5, 0.6) is 11.8 Å². The number of halogens is 7.